The van der Waals surface area contributed by atoms with Crippen LogP contribution in [0.4, 0.5) is 11.4 Å². The van der Waals surface area contributed by atoms with Crippen LogP contribution in [-0.4, -0.2) is 27.0 Å². The predicted octanol–water partition coefficient (Wildman–Crippen LogP) is 4.02. The quantitative estimate of drug-likeness (QED) is 0.327. The second kappa shape index (κ2) is 7.38. The number of thiazole rings is 1. The standard InChI is InChI=1S/C25H19N3O5S2/c29-23-18-14-10-15(19(18)24(30)27(23)12-6-8-13(9-7-12)28(32)33)20-17(14)16(11-4-2-1-3-5-11)21-22(34-20)26-25(31)35-21/h1-9,14-20H,10H2,(H,26,31)/t14?,15?,16-,17?,18?,19?,20?/m1/s1. The van der Waals surface area contributed by atoms with Crippen LogP contribution in [0.25, 0.3) is 0 Å². The summed E-state index contributed by atoms with van der Waals surface area (Å²) in [5.41, 5.74) is 1.44. The van der Waals surface area contributed by atoms with Crippen LogP contribution >= 0.6 is 23.1 Å². The maximum atomic E-state index is 13.7. The van der Waals surface area contributed by atoms with E-state index in [0.717, 1.165) is 21.9 Å². The summed E-state index contributed by atoms with van der Waals surface area (Å²) in [4.78, 5) is 55.3. The number of rotatable bonds is 3. The van der Waals surface area contributed by atoms with Crippen LogP contribution < -0.4 is 9.77 Å². The molecule has 35 heavy (non-hydrogen) atoms. The van der Waals surface area contributed by atoms with Gasteiger partial charge in [-0.25, -0.2) is 0 Å². The minimum absolute atomic E-state index is 0.00803. The summed E-state index contributed by atoms with van der Waals surface area (Å²) in [6.45, 7) is 0. The molecule has 8 nitrogen and oxygen atoms in total. The summed E-state index contributed by atoms with van der Waals surface area (Å²) >= 11 is 2.91. The first kappa shape index (κ1) is 21.1. The zero-order chi connectivity index (χ0) is 24.0. The molecule has 0 radical (unpaired) electrons. The number of carbonyl (C=O) groups is 2. The normalized spacial score (nSPS) is 32.5. The summed E-state index contributed by atoms with van der Waals surface area (Å²) in [6.07, 6.45) is 0.825. The molecule has 7 rings (SSSR count). The number of amides is 2. The van der Waals surface area contributed by atoms with Crippen molar-refractivity contribution in [2.24, 2.45) is 29.6 Å². The Labute approximate surface area is 207 Å². The number of aromatic amines is 1. The van der Waals surface area contributed by atoms with Gasteiger partial charge in [-0.3, -0.25) is 29.4 Å². The highest BCUT2D eigenvalue weighted by Crippen LogP contribution is 2.68. The number of nitro benzene ring substituents is 1. The monoisotopic (exact) mass is 505 g/mol. The second-order valence-corrected chi connectivity index (χ2v) is 11.9. The van der Waals surface area contributed by atoms with Gasteiger partial charge in [-0.05, 0) is 41.9 Å². The lowest BCUT2D eigenvalue weighted by Gasteiger charge is -2.43. The number of carbonyl (C=O) groups excluding carboxylic acids is 2. The van der Waals surface area contributed by atoms with Crippen molar-refractivity contribution in [1.82, 2.24) is 4.98 Å². The molecule has 4 aliphatic rings. The molecule has 2 saturated carbocycles. The van der Waals surface area contributed by atoms with Crippen molar-refractivity contribution in [2.75, 3.05) is 4.90 Å². The molecule has 2 aliphatic heterocycles. The van der Waals surface area contributed by atoms with E-state index < -0.39 is 10.8 Å². The van der Waals surface area contributed by atoms with E-state index in [2.05, 4.69) is 17.1 Å². The highest BCUT2D eigenvalue weighted by Gasteiger charge is 2.69. The zero-order valence-electron chi connectivity index (χ0n) is 18.2. The number of aromatic nitrogens is 1. The Kier molecular flexibility index (Phi) is 4.44. The summed E-state index contributed by atoms with van der Waals surface area (Å²) in [5, 5.41) is 12.1. The summed E-state index contributed by atoms with van der Waals surface area (Å²) in [5.74, 6) is -0.951. The largest absolute Gasteiger partial charge is 0.307 e. The predicted molar refractivity (Wildman–Crippen MR) is 131 cm³/mol. The third-order valence-corrected chi connectivity index (χ3v) is 10.8. The van der Waals surface area contributed by atoms with E-state index in [1.807, 2.05) is 18.2 Å². The summed E-state index contributed by atoms with van der Waals surface area (Å²) < 4.78 is 0. The van der Waals surface area contributed by atoms with Crippen molar-refractivity contribution >= 4 is 46.3 Å². The average Bonchev–Trinajstić information content (AvgIpc) is 3.58. The Balaban J connectivity index is 1.29. The Hall–Kier alpha value is -3.24. The number of thioether (sulfide) groups is 1. The SMILES string of the molecule is O=C1C2C3CC(C2C(=O)N1c1ccc([N+](=O)[O-])cc1)C1C3Sc2[nH]c(=O)sc2[C@@H]1c1ccccc1. The molecular formula is C25H19N3O5S2. The molecule has 3 aromatic rings. The van der Waals surface area contributed by atoms with Crippen LogP contribution in [0.2, 0.25) is 0 Å². The van der Waals surface area contributed by atoms with Crippen LogP contribution in [0, 0.1) is 39.7 Å². The lowest BCUT2D eigenvalue weighted by atomic mass is 9.68. The van der Waals surface area contributed by atoms with Gasteiger partial charge in [-0.2, -0.15) is 0 Å². The highest BCUT2D eigenvalue weighted by molar-refractivity contribution is 8.00. The van der Waals surface area contributed by atoms with Gasteiger partial charge in [0.2, 0.25) is 11.8 Å². The lowest BCUT2D eigenvalue weighted by molar-refractivity contribution is -0.384. The number of benzene rings is 2. The average molecular weight is 506 g/mol. The van der Waals surface area contributed by atoms with E-state index in [1.165, 1.54) is 40.5 Å². The van der Waals surface area contributed by atoms with Gasteiger partial charge in [0.1, 0.15) is 0 Å². The number of nitrogens with one attached hydrogen (secondary N) is 1. The zero-order valence-corrected chi connectivity index (χ0v) is 19.8. The number of nitro groups is 1. The van der Waals surface area contributed by atoms with Crippen molar-refractivity contribution in [2.45, 2.75) is 22.6 Å². The van der Waals surface area contributed by atoms with Gasteiger partial charge in [0.15, 0.2) is 0 Å². The van der Waals surface area contributed by atoms with Crippen LogP contribution in [0.5, 0.6) is 0 Å². The number of nitrogens with zero attached hydrogens (tertiary/aromatic N) is 2. The van der Waals surface area contributed by atoms with E-state index in [9.17, 15) is 24.5 Å². The van der Waals surface area contributed by atoms with Crippen LogP contribution in [0.1, 0.15) is 22.8 Å². The Morgan fingerprint density at radius 1 is 0.943 bits per heavy atom. The third-order valence-electron chi connectivity index (χ3n) is 8.20. The van der Waals surface area contributed by atoms with Gasteiger partial charge in [0.25, 0.3) is 5.69 Å². The maximum Gasteiger partial charge on any atom is 0.305 e. The number of imide groups is 1. The lowest BCUT2D eigenvalue weighted by Crippen LogP contribution is -2.42. The van der Waals surface area contributed by atoms with Crippen molar-refractivity contribution in [3.05, 3.63) is 84.8 Å². The molecule has 2 aromatic carbocycles. The van der Waals surface area contributed by atoms with Gasteiger partial charge in [-0.15, -0.1) is 11.8 Å². The number of H-pyrrole nitrogens is 1. The Morgan fingerprint density at radius 3 is 2.31 bits per heavy atom. The topological polar surface area (TPSA) is 113 Å². The first-order chi connectivity index (χ1) is 16.9. The molecule has 1 saturated heterocycles. The molecular weight excluding hydrogens is 486 g/mol. The van der Waals surface area contributed by atoms with Gasteiger partial charge in [-0.1, -0.05) is 41.7 Å². The number of hydrogen-bond donors (Lipinski definition) is 1. The highest BCUT2D eigenvalue weighted by atomic mass is 32.2. The van der Waals surface area contributed by atoms with Gasteiger partial charge in [0.05, 0.1) is 27.5 Å². The van der Waals surface area contributed by atoms with Gasteiger partial charge in [0, 0.05) is 28.2 Å². The first-order valence-electron chi connectivity index (χ1n) is 11.5. The van der Waals surface area contributed by atoms with E-state index in [0.29, 0.717) is 5.69 Å². The first-order valence-corrected chi connectivity index (χ1v) is 13.2. The van der Waals surface area contributed by atoms with Crippen LogP contribution in [0.15, 0.2) is 64.4 Å². The van der Waals surface area contributed by atoms with Crippen molar-refractivity contribution in [3.8, 4) is 0 Å². The van der Waals surface area contributed by atoms with Crippen molar-refractivity contribution < 1.29 is 14.5 Å². The minimum Gasteiger partial charge on any atom is -0.307 e. The van der Waals surface area contributed by atoms with Crippen molar-refractivity contribution in [1.29, 1.82) is 0 Å². The maximum absolute atomic E-state index is 13.7. The third kappa shape index (κ3) is 2.83. The Morgan fingerprint density at radius 2 is 1.63 bits per heavy atom. The van der Waals surface area contributed by atoms with Gasteiger partial charge >= 0.3 is 4.87 Å². The molecule has 7 atom stereocenters. The molecule has 6 unspecified atom stereocenters. The van der Waals surface area contributed by atoms with E-state index in [4.69, 9.17) is 0 Å². The second-order valence-electron chi connectivity index (χ2n) is 9.66. The van der Waals surface area contributed by atoms with E-state index >= 15 is 0 Å². The molecule has 2 aliphatic carbocycles. The molecule has 0 spiro atoms. The van der Waals surface area contributed by atoms with Crippen molar-refractivity contribution in [3.63, 3.8) is 0 Å². The molecule has 10 heteroatoms. The fraction of sp³-hybridized carbons (Fsp3) is 0.320. The fourth-order valence-corrected chi connectivity index (χ4v) is 9.92. The number of hydrogen-bond acceptors (Lipinski definition) is 7. The molecule has 176 valence electrons. The minimum atomic E-state index is -0.499. The van der Waals surface area contributed by atoms with Crippen LogP contribution in [-0.2, 0) is 9.59 Å². The smallest absolute Gasteiger partial charge is 0.305 e. The molecule has 1 aromatic heterocycles. The van der Waals surface area contributed by atoms with Crippen LogP contribution in [0.3, 0.4) is 0 Å². The van der Waals surface area contributed by atoms with E-state index in [-0.39, 0.29) is 57.2 Å². The molecule has 3 fully saturated rings. The molecule has 3 heterocycles. The number of non-ortho nitro benzene ring substituents is 1. The number of anilines is 1. The summed E-state index contributed by atoms with van der Waals surface area (Å²) in [7, 11) is 0. The fourth-order valence-electron chi connectivity index (χ4n) is 7.03. The Bertz CT molecular complexity index is 1450. The molecule has 2 bridgehead atoms. The number of fused-ring (bicyclic) bond motifs is 9. The molecule has 1 N–H and O–H groups in total. The van der Waals surface area contributed by atoms with Gasteiger partial charge < -0.3 is 4.98 Å². The van der Waals surface area contributed by atoms with E-state index in [1.54, 1.807) is 11.8 Å². The molecule has 2 amide bonds. The summed E-state index contributed by atoms with van der Waals surface area (Å²) in [6, 6.07) is 15.7.